The first-order valence-corrected chi connectivity index (χ1v) is 5.94. The number of carboxylic acid groups (broad SMARTS) is 1. The number of benzene rings is 1. The smallest absolute Gasteiger partial charge is 0.408 e. The van der Waals surface area contributed by atoms with Gasteiger partial charge in [-0.15, -0.1) is 0 Å². The van der Waals surface area contributed by atoms with E-state index in [0.29, 0.717) is 5.56 Å². The Balaban J connectivity index is 2.69. The number of hydrogen-bond donors (Lipinski definition) is 2. The van der Waals surface area contributed by atoms with E-state index in [-0.39, 0.29) is 18.7 Å². The average molecular weight is 294 g/mol. The highest BCUT2D eigenvalue weighted by Crippen LogP contribution is 2.13. The summed E-state index contributed by atoms with van der Waals surface area (Å²) in [5, 5.41) is 21.8. The fraction of sp³-hybridized carbons (Fsp3) is 0.231. The van der Waals surface area contributed by atoms with Gasteiger partial charge in [-0.05, 0) is 5.56 Å². The highest BCUT2D eigenvalue weighted by molar-refractivity contribution is 5.80. The molecular weight excluding hydrogens is 280 g/mol. The maximum absolute atomic E-state index is 11.3. The zero-order valence-electron chi connectivity index (χ0n) is 11.0. The first-order valence-electron chi connectivity index (χ1n) is 5.94. The zero-order chi connectivity index (χ0) is 15.8. The SMILES string of the molecule is C=CCOC(=O)N[C@@H](Cc1ccc([N+](=O)[O-])cc1)C(=O)O. The number of aliphatic carboxylic acids is 1. The number of hydrogen-bond acceptors (Lipinski definition) is 5. The lowest BCUT2D eigenvalue weighted by Crippen LogP contribution is -2.42. The number of carboxylic acids is 1. The van der Waals surface area contributed by atoms with Gasteiger partial charge in [-0.3, -0.25) is 10.1 Å². The number of ether oxygens (including phenoxy) is 1. The lowest BCUT2D eigenvalue weighted by Gasteiger charge is -2.14. The third kappa shape index (κ3) is 5.31. The second kappa shape index (κ2) is 7.63. The van der Waals surface area contributed by atoms with Crippen LogP contribution in [-0.4, -0.2) is 34.7 Å². The molecule has 112 valence electrons. The maximum Gasteiger partial charge on any atom is 0.408 e. The molecule has 1 rings (SSSR count). The minimum atomic E-state index is -1.23. The third-order valence-electron chi connectivity index (χ3n) is 2.51. The highest BCUT2D eigenvalue weighted by Gasteiger charge is 2.21. The zero-order valence-corrected chi connectivity index (χ0v) is 11.0. The number of nitro benzene ring substituents is 1. The lowest BCUT2D eigenvalue weighted by molar-refractivity contribution is -0.384. The van der Waals surface area contributed by atoms with Gasteiger partial charge >= 0.3 is 12.1 Å². The molecule has 0 saturated carbocycles. The van der Waals surface area contributed by atoms with E-state index in [1.165, 1.54) is 30.3 Å². The number of rotatable bonds is 7. The Bertz CT molecular complexity index is 540. The van der Waals surface area contributed by atoms with Gasteiger partial charge in [-0.1, -0.05) is 24.8 Å². The minimum absolute atomic E-state index is 0.0173. The van der Waals surface area contributed by atoms with Crippen molar-refractivity contribution in [3.63, 3.8) is 0 Å². The largest absolute Gasteiger partial charge is 0.480 e. The van der Waals surface area contributed by atoms with Gasteiger partial charge < -0.3 is 15.2 Å². The molecule has 1 amide bonds. The van der Waals surface area contributed by atoms with E-state index in [9.17, 15) is 19.7 Å². The average Bonchev–Trinajstić information content (AvgIpc) is 2.44. The van der Waals surface area contributed by atoms with Crippen molar-refractivity contribution in [2.24, 2.45) is 0 Å². The number of alkyl carbamates (subject to hydrolysis) is 1. The lowest BCUT2D eigenvalue weighted by atomic mass is 10.1. The molecule has 0 aromatic heterocycles. The van der Waals surface area contributed by atoms with Crippen LogP contribution in [0.25, 0.3) is 0 Å². The molecule has 1 aromatic carbocycles. The van der Waals surface area contributed by atoms with Crippen LogP contribution in [0.4, 0.5) is 10.5 Å². The summed E-state index contributed by atoms with van der Waals surface area (Å²) in [6.45, 7) is 3.33. The predicted molar refractivity (Wildman–Crippen MR) is 72.9 cm³/mol. The third-order valence-corrected chi connectivity index (χ3v) is 2.51. The summed E-state index contributed by atoms with van der Waals surface area (Å²) in [6.07, 6.45) is 0.464. The van der Waals surface area contributed by atoms with Crippen molar-refractivity contribution in [3.05, 3.63) is 52.6 Å². The van der Waals surface area contributed by atoms with E-state index in [4.69, 9.17) is 5.11 Å². The van der Waals surface area contributed by atoms with Gasteiger partial charge in [0, 0.05) is 18.6 Å². The summed E-state index contributed by atoms with van der Waals surface area (Å²) in [5.41, 5.74) is 0.445. The molecule has 0 aliphatic heterocycles. The summed E-state index contributed by atoms with van der Waals surface area (Å²) in [5.74, 6) is -1.23. The van der Waals surface area contributed by atoms with E-state index in [0.717, 1.165) is 0 Å². The van der Waals surface area contributed by atoms with Crippen LogP contribution in [-0.2, 0) is 16.0 Å². The summed E-state index contributed by atoms with van der Waals surface area (Å²) in [4.78, 5) is 32.4. The fourth-order valence-corrected chi connectivity index (χ4v) is 1.51. The second-order valence-electron chi connectivity index (χ2n) is 4.05. The van der Waals surface area contributed by atoms with Crippen LogP contribution in [0.2, 0.25) is 0 Å². The molecule has 0 spiro atoms. The van der Waals surface area contributed by atoms with Crippen LogP contribution < -0.4 is 5.32 Å². The molecule has 0 radical (unpaired) electrons. The van der Waals surface area contributed by atoms with Gasteiger partial charge in [0.2, 0.25) is 0 Å². The van der Waals surface area contributed by atoms with Crippen molar-refractivity contribution in [1.82, 2.24) is 5.32 Å². The molecule has 8 heteroatoms. The molecule has 0 aliphatic rings. The van der Waals surface area contributed by atoms with Crippen molar-refractivity contribution >= 4 is 17.7 Å². The van der Waals surface area contributed by atoms with Gasteiger partial charge in [-0.2, -0.15) is 0 Å². The quantitative estimate of drug-likeness (QED) is 0.447. The Morgan fingerprint density at radius 3 is 2.52 bits per heavy atom. The molecular formula is C13H14N2O6. The number of carbonyl (C=O) groups excluding carboxylic acids is 1. The molecule has 0 aliphatic carbocycles. The van der Waals surface area contributed by atoms with Crippen molar-refractivity contribution in [2.75, 3.05) is 6.61 Å². The number of amides is 1. The van der Waals surface area contributed by atoms with Gasteiger partial charge in [0.25, 0.3) is 5.69 Å². The number of nitrogens with one attached hydrogen (secondary N) is 1. The van der Waals surface area contributed by atoms with E-state index < -0.39 is 23.0 Å². The topological polar surface area (TPSA) is 119 Å². The Hall–Kier alpha value is -2.90. The normalized spacial score (nSPS) is 11.2. The summed E-state index contributed by atoms with van der Waals surface area (Å²) < 4.78 is 4.64. The molecule has 0 fully saturated rings. The van der Waals surface area contributed by atoms with Crippen LogP contribution in [0.5, 0.6) is 0 Å². The van der Waals surface area contributed by atoms with Crippen LogP contribution >= 0.6 is 0 Å². The molecule has 0 saturated heterocycles. The van der Waals surface area contributed by atoms with Crippen molar-refractivity contribution in [3.8, 4) is 0 Å². The summed E-state index contributed by atoms with van der Waals surface area (Å²) >= 11 is 0. The molecule has 0 bridgehead atoms. The Morgan fingerprint density at radius 1 is 1.43 bits per heavy atom. The van der Waals surface area contributed by atoms with E-state index in [2.05, 4.69) is 16.6 Å². The van der Waals surface area contributed by atoms with E-state index >= 15 is 0 Å². The molecule has 1 aromatic rings. The Morgan fingerprint density at radius 2 is 2.05 bits per heavy atom. The number of nitrogens with zero attached hydrogens (tertiary/aromatic N) is 1. The number of non-ortho nitro benzene ring substituents is 1. The fourth-order valence-electron chi connectivity index (χ4n) is 1.51. The minimum Gasteiger partial charge on any atom is -0.480 e. The highest BCUT2D eigenvalue weighted by atomic mass is 16.6. The van der Waals surface area contributed by atoms with Gasteiger partial charge in [-0.25, -0.2) is 9.59 Å². The van der Waals surface area contributed by atoms with Crippen molar-refractivity contribution < 1.29 is 24.4 Å². The molecule has 8 nitrogen and oxygen atoms in total. The standard InChI is InChI=1S/C13H14N2O6/c1-2-7-21-13(18)14-11(12(16)17)8-9-3-5-10(6-4-9)15(19)20/h2-6,11H,1,7-8H2,(H,14,18)(H,16,17)/t11-/m0/s1. The van der Waals surface area contributed by atoms with Crippen LogP contribution in [0.15, 0.2) is 36.9 Å². The number of nitro groups is 1. The molecule has 0 unspecified atom stereocenters. The molecule has 21 heavy (non-hydrogen) atoms. The number of carbonyl (C=O) groups is 2. The van der Waals surface area contributed by atoms with Crippen molar-refractivity contribution in [2.45, 2.75) is 12.5 Å². The van der Waals surface area contributed by atoms with Gasteiger partial charge in [0.05, 0.1) is 4.92 Å². The second-order valence-corrected chi connectivity index (χ2v) is 4.05. The summed E-state index contributed by atoms with van der Waals surface area (Å²) in [6, 6.07) is 4.22. The first kappa shape index (κ1) is 16.2. The molecule has 2 N–H and O–H groups in total. The van der Waals surface area contributed by atoms with Crippen LogP contribution in [0.3, 0.4) is 0 Å². The first-order chi connectivity index (χ1) is 9.93. The van der Waals surface area contributed by atoms with E-state index in [1.54, 1.807) is 0 Å². The Kier molecular flexibility index (Phi) is 5.87. The molecule has 0 heterocycles. The Labute approximate surface area is 120 Å². The van der Waals surface area contributed by atoms with Crippen LogP contribution in [0.1, 0.15) is 5.56 Å². The van der Waals surface area contributed by atoms with Crippen molar-refractivity contribution in [1.29, 1.82) is 0 Å². The van der Waals surface area contributed by atoms with E-state index in [1.807, 2.05) is 0 Å². The predicted octanol–water partition coefficient (Wildman–Crippen LogP) is 1.50. The summed E-state index contributed by atoms with van der Waals surface area (Å²) in [7, 11) is 0. The van der Waals surface area contributed by atoms with Gasteiger partial charge in [0.1, 0.15) is 12.6 Å². The molecule has 1 atom stereocenters. The monoisotopic (exact) mass is 294 g/mol. The van der Waals surface area contributed by atoms with Gasteiger partial charge in [0.15, 0.2) is 0 Å². The maximum atomic E-state index is 11.3. The van der Waals surface area contributed by atoms with Crippen LogP contribution in [0, 0.1) is 10.1 Å².